The highest BCUT2D eigenvalue weighted by molar-refractivity contribution is 5.94. The first-order chi connectivity index (χ1) is 7.67. The summed E-state index contributed by atoms with van der Waals surface area (Å²) in [5.41, 5.74) is 3.93. The van der Waals surface area contributed by atoms with Crippen molar-refractivity contribution >= 4 is 17.9 Å². The maximum absolute atomic E-state index is 11.0. The summed E-state index contributed by atoms with van der Waals surface area (Å²) in [6.45, 7) is 0. The fourth-order valence-electron chi connectivity index (χ4n) is 1.02. The molecule has 0 spiro atoms. The molecule has 6 heteroatoms. The Morgan fingerprint density at radius 1 is 1.06 bits per heavy atom. The van der Waals surface area contributed by atoms with E-state index in [9.17, 15) is 9.59 Å². The van der Waals surface area contributed by atoms with Gasteiger partial charge in [0, 0.05) is 11.6 Å². The maximum Gasteiger partial charge on any atom is 0.274 e. The van der Waals surface area contributed by atoms with Gasteiger partial charge in [-0.3, -0.25) is 20.0 Å². The molecule has 1 aromatic carbocycles. The highest BCUT2D eigenvalue weighted by atomic mass is 16.5. The van der Waals surface area contributed by atoms with E-state index < -0.39 is 11.8 Å². The molecule has 0 fully saturated rings. The third kappa shape index (κ3) is 3.19. The second-order valence-corrected chi connectivity index (χ2v) is 2.87. The average molecular weight is 222 g/mol. The predicted octanol–water partition coefficient (Wildman–Crippen LogP) is 0.324. The van der Waals surface area contributed by atoms with E-state index in [2.05, 4.69) is 0 Å². The molecule has 6 nitrogen and oxygen atoms in total. The summed E-state index contributed by atoms with van der Waals surface area (Å²) in [6, 6.07) is 6.15. The van der Waals surface area contributed by atoms with E-state index in [-0.39, 0.29) is 0 Å². The van der Waals surface area contributed by atoms with E-state index in [1.165, 1.54) is 29.2 Å². The second kappa shape index (κ2) is 5.64. The van der Waals surface area contributed by atoms with Crippen LogP contribution >= 0.6 is 0 Å². The van der Waals surface area contributed by atoms with Crippen molar-refractivity contribution in [3.8, 4) is 0 Å². The van der Waals surface area contributed by atoms with Crippen LogP contribution in [-0.4, -0.2) is 22.2 Å². The summed E-state index contributed by atoms with van der Waals surface area (Å²) in [5.74, 6) is -1.25. The van der Waals surface area contributed by atoms with Crippen molar-refractivity contribution in [3.63, 3.8) is 0 Å². The summed E-state index contributed by atoms with van der Waals surface area (Å²) in [4.78, 5) is 21.6. The molecule has 1 rings (SSSR count). The van der Waals surface area contributed by atoms with Crippen molar-refractivity contribution in [3.05, 3.63) is 41.5 Å². The third-order valence-electron chi connectivity index (χ3n) is 1.81. The fourth-order valence-corrected chi connectivity index (χ4v) is 1.02. The highest BCUT2D eigenvalue weighted by Gasteiger charge is 2.01. The van der Waals surface area contributed by atoms with Crippen molar-refractivity contribution in [2.24, 2.45) is 0 Å². The molecule has 0 saturated carbocycles. The van der Waals surface area contributed by atoms with Gasteiger partial charge in [-0.2, -0.15) is 0 Å². The normalized spacial score (nSPS) is 10.1. The lowest BCUT2D eigenvalue weighted by atomic mass is 10.1. The lowest BCUT2D eigenvalue weighted by Crippen LogP contribution is -2.18. The van der Waals surface area contributed by atoms with E-state index in [0.29, 0.717) is 11.1 Å². The van der Waals surface area contributed by atoms with Crippen LogP contribution in [0.2, 0.25) is 0 Å². The topological polar surface area (TPSA) is 98.7 Å². The van der Waals surface area contributed by atoms with Crippen molar-refractivity contribution in [1.82, 2.24) is 11.0 Å². The Labute approximate surface area is 91.1 Å². The molecular weight excluding hydrogens is 212 g/mol. The SMILES string of the molecule is O=C(/C=C/c1ccc(C(=O)NO)cc1)NO. The van der Waals surface area contributed by atoms with Crippen molar-refractivity contribution in [1.29, 1.82) is 0 Å². The van der Waals surface area contributed by atoms with Crippen LogP contribution in [0.1, 0.15) is 15.9 Å². The van der Waals surface area contributed by atoms with Gasteiger partial charge in [-0.15, -0.1) is 0 Å². The first-order valence-electron chi connectivity index (χ1n) is 4.34. The molecular formula is C10H10N2O4. The molecule has 0 heterocycles. The molecule has 0 aliphatic carbocycles. The van der Waals surface area contributed by atoms with E-state index in [1.807, 2.05) is 0 Å². The molecule has 0 aliphatic rings. The Kier molecular flexibility index (Phi) is 4.19. The molecule has 0 radical (unpaired) electrons. The monoisotopic (exact) mass is 222 g/mol. The Hall–Kier alpha value is -2.18. The largest absolute Gasteiger partial charge is 0.288 e. The van der Waals surface area contributed by atoms with Gasteiger partial charge in [-0.1, -0.05) is 12.1 Å². The van der Waals surface area contributed by atoms with Crippen LogP contribution in [0.4, 0.5) is 0 Å². The lowest BCUT2D eigenvalue weighted by Gasteiger charge is -1.98. The van der Waals surface area contributed by atoms with Crippen LogP contribution in [0.5, 0.6) is 0 Å². The van der Waals surface area contributed by atoms with Crippen LogP contribution in [0.25, 0.3) is 6.08 Å². The molecule has 16 heavy (non-hydrogen) atoms. The summed E-state index contributed by atoms with van der Waals surface area (Å²) < 4.78 is 0. The molecule has 0 unspecified atom stereocenters. The van der Waals surface area contributed by atoms with Crippen LogP contribution in [0.15, 0.2) is 30.3 Å². The zero-order valence-electron chi connectivity index (χ0n) is 8.18. The van der Waals surface area contributed by atoms with Crippen molar-refractivity contribution in [2.75, 3.05) is 0 Å². The minimum Gasteiger partial charge on any atom is -0.288 e. The van der Waals surface area contributed by atoms with Crippen molar-refractivity contribution < 1.29 is 20.0 Å². The van der Waals surface area contributed by atoms with E-state index in [4.69, 9.17) is 10.4 Å². The minimum atomic E-state index is -0.642. The Morgan fingerprint density at radius 2 is 1.69 bits per heavy atom. The summed E-state index contributed by atoms with van der Waals surface area (Å²) >= 11 is 0. The Bertz CT molecular complexity index is 411. The number of nitrogens with one attached hydrogen (secondary N) is 2. The van der Waals surface area contributed by atoms with E-state index >= 15 is 0 Å². The molecule has 0 saturated heterocycles. The molecule has 0 aromatic heterocycles. The molecule has 0 aliphatic heterocycles. The zero-order chi connectivity index (χ0) is 12.0. The molecule has 2 amide bonds. The fraction of sp³-hybridized carbons (Fsp3) is 0. The second-order valence-electron chi connectivity index (χ2n) is 2.87. The molecule has 84 valence electrons. The summed E-state index contributed by atoms with van der Waals surface area (Å²) in [5, 5.41) is 16.6. The van der Waals surface area contributed by atoms with Gasteiger partial charge in [0.15, 0.2) is 0 Å². The van der Waals surface area contributed by atoms with Gasteiger partial charge in [-0.05, 0) is 23.8 Å². The molecule has 1 aromatic rings. The van der Waals surface area contributed by atoms with Crippen LogP contribution in [-0.2, 0) is 4.79 Å². The third-order valence-corrected chi connectivity index (χ3v) is 1.81. The van der Waals surface area contributed by atoms with Gasteiger partial charge in [-0.25, -0.2) is 11.0 Å². The number of hydrogen-bond donors (Lipinski definition) is 4. The van der Waals surface area contributed by atoms with E-state index in [1.54, 1.807) is 12.1 Å². The number of hydroxylamine groups is 2. The number of carbonyl (C=O) groups is 2. The van der Waals surface area contributed by atoms with Gasteiger partial charge in [0.1, 0.15) is 0 Å². The smallest absolute Gasteiger partial charge is 0.274 e. The quantitative estimate of drug-likeness (QED) is 0.336. The predicted molar refractivity (Wildman–Crippen MR) is 54.7 cm³/mol. The molecule has 4 N–H and O–H groups in total. The Morgan fingerprint density at radius 3 is 2.19 bits per heavy atom. The first kappa shape index (κ1) is 11.9. The van der Waals surface area contributed by atoms with Gasteiger partial charge >= 0.3 is 0 Å². The number of hydrogen-bond acceptors (Lipinski definition) is 4. The average Bonchev–Trinajstić information content (AvgIpc) is 2.35. The Balaban J connectivity index is 2.75. The summed E-state index contributed by atoms with van der Waals surface area (Å²) in [7, 11) is 0. The summed E-state index contributed by atoms with van der Waals surface area (Å²) in [6.07, 6.45) is 2.60. The first-order valence-corrected chi connectivity index (χ1v) is 4.34. The zero-order valence-corrected chi connectivity index (χ0v) is 8.18. The number of rotatable bonds is 3. The van der Waals surface area contributed by atoms with Crippen LogP contribution in [0, 0.1) is 0 Å². The number of benzene rings is 1. The highest BCUT2D eigenvalue weighted by Crippen LogP contribution is 2.05. The van der Waals surface area contributed by atoms with Gasteiger partial charge in [0.2, 0.25) is 0 Å². The van der Waals surface area contributed by atoms with E-state index in [0.717, 1.165) is 6.08 Å². The maximum atomic E-state index is 11.0. The number of amides is 2. The lowest BCUT2D eigenvalue weighted by molar-refractivity contribution is -0.124. The molecule has 0 bridgehead atoms. The van der Waals surface area contributed by atoms with Crippen molar-refractivity contribution in [2.45, 2.75) is 0 Å². The van der Waals surface area contributed by atoms with Gasteiger partial charge < -0.3 is 0 Å². The van der Waals surface area contributed by atoms with Gasteiger partial charge in [0.25, 0.3) is 11.8 Å². The minimum absolute atomic E-state index is 0.297. The standard InChI is InChI=1S/C10H10N2O4/c13-9(11-15)6-3-7-1-4-8(5-2-7)10(14)12-16/h1-6,15-16H,(H,11,13)(H,12,14)/b6-3+. The number of carbonyl (C=O) groups excluding carboxylic acids is 2. The molecule has 0 atom stereocenters. The van der Waals surface area contributed by atoms with Crippen LogP contribution < -0.4 is 11.0 Å². The van der Waals surface area contributed by atoms with Crippen LogP contribution in [0.3, 0.4) is 0 Å². The van der Waals surface area contributed by atoms with Gasteiger partial charge in [0.05, 0.1) is 0 Å².